The maximum absolute atomic E-state index is 13.3. The van der Waals surface area contributed by atoms with E-state index in [1.165, 1.54) is 49.0 Å². The number of hydrogen-bond donors (Lipinski definition) is 1. The minimum absolute atomic E-state index is 0.0600. The molecule has 182 valence electrons. The second kappa shape index (κ2) is 9.94. The van der Waals surface area contributed by atoms with Crippen LogP contribution in [0, 0.1) is 0 Å². The third kappa shape index (κ3) is 5.04. The van der Waals surface area contributed by atoms with E-state index in [9.17, 15) is 13.2 Å². The van der Waals surface area contributed by atoms with E-state index in [-0.39, 0.29) is 10.8 Å². The number of nitrogens with one attached hydrogen (secondary N) is 1. The summed E-state index contributed by atoms with van der Waals surface area (Å²) >= 11 is 13.2. The van der Waals surface area contributed by atoms with Crippen LogP contribution in [0.25, 0.3) is 10.1 Å². The number of nitrogens with zero attached hydrogens (tertiary/aromatic N) is 1. The summed E-state index contributed by atoms with van der Waals surface area (Å²) in [6, 6.07) is 16.2. The van der Waals surface area contributed by atoms with Crippen LogP contribution in [-0.4, -0.2) is 35.6 Å². The molecule has 1 amide bonds. The Morgan fingerprint density at radius 3 is 2.34 bits per heavy atom. The number of sulfonamides is 1. The lowest BCUT2D eigenvalue weighted by atomic mass is 10.2. The number of hydrogen-bond acceptors (Lipinski definition) is 6. The van der Waals surface area contributed by atoms with Crippen LogP contribution in [0.15, 0.2) is 65.6 Å². The largest absolute Gasteiger partial charge is 0.493 e. The monoisotopic (exact) mass is 550 g/mol. The van der Waals surface area contributed by atoms with E-state index in [1.54, 1.807) is 48.5 Å². The second-order valence-corrected chi connectivity index (χ2v) is 11.3. The van der Waals surface area contributed by atoms with Gasteiger partial charge in [-0.25, -0.2) is 8.42 Å². The minimum atomic E-state index is -3.88. The van der Waals surface area contributed by atoms with Gasteiger partial charge in [0.05, 0.1) is 39.7 Å². The predicted octanol–water partition coefficient (Wildman–Crippen LogP) is 6.30. The van der Waals surface area contributed by atoms with E-state index < -0.39 is 10.0 Å². The molecule has 0 fully saturated rings. The van der Waals surface area contributed by atoms with Crippen molar-refractivity contribution in [1.82, 2.24) is 0 Å². The molecule has 1 N–H and O–H groups in total. The Balaban J connectivity index is 1.61. The first kappa shape index (κ1) is 25.1. The van der Waals surface area contributed by atoms with E-state index in [0.717, 1.165) is 10.1 Å². The van der Waals surface area contributed by atoms with Crippen molar-refractivity contribution in [3.63, 3.8) is 0 Å². The van der Waals surface area contributed by atoms with Gasteiger partial charge in [0, 0.05) is 23.5 Å². The van der Waals surface area contributed by atoms with Gasteiger partial charge < -0.3 is 14.8 Å². The number of benzene rings is 3. The molecule has 0 atom stereocenters. The van der Waals surface area contributed by atoms with Crippen molar-refractivity contribution in [1.29, 1.82) is 0 Å². The van der Waals surface area contributed by atoms with Gasteiger partial charge in [0.1, 0.15) is 0 Å². The molecule has 0 aliphatic rings. The molecule has 4 rings (SSSR count). The van der Waals surface area contributed by atoms with Gasteiger partial charge in [-0.1, -0.05) is 23.2 Å². The molecule has 0 bridgehead atoms. The molecule has 11 heteroatoms. The molecule has 1 heterocycles. The second-order valence-electron chi connectivity index (χ2n) is 7.41. The molecule has 0 saturated heterocycles. The van der Waals surface area contributed by atoms with Gasteiger partial charge in [0.25, 0.3) is 15.9 Å². The summed E-state index contributed by atoms with van der Waals surface area (Å²) in [4.78, 5) is 13.3. The van der Waals surface area contributed by atoms with Crippen LogP contribution >= 0.6 is 34.5 Å². The van der Waals surface area contributed by atoms with Crippen LogP contribution in [-0.2, 0) is 10.0 Å². The molecule has 0 radical (unpaired) electrons. The van der Waals surface area contributed by atoms with Crippen LogP contribution < -0.4 is 19.1 Å². The number of ether oxygens (including phenoxy) is 2. The first-order chi connectivity index (χ1) is 16.6. The fraction of sp³-hybridized carbons (Fsp3) is 0.125. The van der Waals surface area contributed by atoms with Crippen molar-refractivity contribution < 1.29 is 22.7 Å². The third-order valence-corrected chi connectivity index (χ3v) is 8.91. The van der Waals surface area contributed by atoms with Crippen LogP contribution in [0.3, 0.4) is 0 Å². The molecule has 3 aromatic carbocycles. The third-order valence-electron chi connectivity index (χ3n) is 5.28. The molecule has 0 aliphatic heterocycles. The van der Waals surface area contributed by atoms with Gasteiger partial charge in [0.15, 0.2) is 11.5 Å². The molecule has 0 unspecified atom stereocenters. The number of rotatable bonds is 7. The highest BCUT2D eigenvalue weighted by Crippen LogP contribution is 2.34. The number of fused-ring (bicyclic) bond motifs is 1. The van der Waals surface area contributed by atoms with Gasteiger partial charge in [-0.2, -0.15) is 0 Å². The molecular weight excluding hydrogens is 531 g/mol. The molecule has 0 spiro atoms. The maximum Gasteiger partial charge on any atom is 0.265 e. The summed E-state index contributed by atoms with van der Waals surface area (Å²) in [7, 11) is 0.514. The number of anilines is 2. The van der Waals surface area contributed by atoms with E-state index in [4.69, 9.17) is 32.7 Å². The van der Waals surface area contributed by atoms with Gasteiger partial charge in [0.2, 0.25) is 0 Å². The zero-order chi connectivity index (χ0) is 25.3. The lowest BCUT2D eigenvalue weighted by Gasteiger charge is -2.20. The number of methoxy groups -OCH3 is 2. The van der Waals surface area contributed by atoms with Gasteiger partial charge in [-0.05, 0) is 60.0 Å². The van der Waals surface area contributed by atoms with Crippen LogP contribution in [0.2, 0.25) is 10.0 Å². The van der Waals surface area contributed by atoms with Gasteiger partial charge >= 0.3 is 0 Å². The molecular formula is C24H20Cl2N2O5S2. The fourth-order valence-electron chi connectivity index (χ4n) is 3.38. The van der Waals surface area contributed by atoms with Crippen LogP contribution in [0.1, 0.15) is 9.67 Å². The van der Waals surface area contributed by atoms with Crippen molar-refractivity contribution in [3.8, 4) is 11.5 Å². The summed E-state index contributed by atoms with van der Waals surface area (Å²) in [5.41, 5.74) is 0.963. The topological polar surface area (TPSA) is 84.9 Å². The zero-order valence-corrected chi connectivity index (χ0v) is 22.0. The Morgan fingerprint density at radius 1 is 0.914 bits per heavy atom. The highest BCUT2D eigenvalue weighted by molar-refractivity contribution is 7.92. The number of carbonyl (C=O) groups is 1. The molecule has 0 saturated carbocycles. The first-order valence-electron chi connectivity index (χ1n) is 10.1. The fourth-order valence-corrected chi connectivity index (χ4v) is 5.82. The highest BCUT2D eigenvalue weighted by Gasteiger charge is 2.24. The summed E-state index contributed by atoms with van der Waals surface area (Å²) in [6.07, 6.45) is 0. The number of amides is 1. The Kier molecular flexibility index (Phi) is 7.14. The highest BCUT2D eigenvalue weighted by atomic mass is 35.5. The van der Waals surface area contributed by atoms with Crippen molar-refractivity contribution >= 4 is 71.9 Å². The molecule has 1 aromatic heterocycles. The SMILES string of the molecule is COc1ccc(S(=O)(=O)N(C)c2ccc3sc(C(=O)Nc4ccc(Cl)c(Cl)c4)cc3c2)cc1OC. The van der Waals surface area contributed by atoms with Crippen molar-refractivity contribution in [3.05, 3.63) is 75.6 Å². The molecule has 0 aliphatic carbocycles. The number of carbonyl (C=O) groups excluding carboxylic acids is 1. The Labute approximate surface area is 216 Å². The normalized spacial score (nSPS) is 11.3. The zero-order valence-electron chi connectivity index (χ0n) is 18.8. The van der Waals surface area contributed by atoms with Crippen LogP contribution in [0.5, 0.6) is 11.5 Å². The van der Waals surface area contributed by atoms with Crippen molar-refractivity contribution in [2.75, 3.05) is 30.9 Å². The quantitative estimate of drug-likeness (QED) is 0.291. The van der Waals surface area contributed by atoms with Crippen molar-refractivity contribution in [2.24, 2.45) is 0 Å². The Bertz CT molecular complexity index is 1540. The van der Waals surface area contributed by atoms with Crippen LogP contribution in [0.4, 0.5) is 11.4 Å². The lowest BCUT2D eigenvalue weighted by molar-refractivity contribution is 0.103. The molecule has 7 nitrogen and oxygen atoms in total. The Hall–Kier alpha value is -2.98. The predicted molar refractivity (Wildman–Crippen MR) is 141 cm³/mol. The Morgan fingerprint density at radius 2 is 1.66 bits per heavy atom. The van der Waals surface area contributed by atoms with Crippen molar-refractivity contribution in [2.45, 2.75) is 4.90 Å². The standard InChI is InChI=1S/C24H20Cl2N2O5S2/c1-28(35(30,31)17-6-8-20(32-2)21(13-17)33-3)16-5-9-22-14(10-16)11-23(34-22)24(29)27-15-4-7-18(25)19(26)12-15/h4-13H,1-3H3,(H,27,29). The average Bonchev–Trinajstić information content (AvgIpc) is 3.29. The number of thiophene rings is 1. The van der Waals surface area contributed by atoms with Gasteiger partial charge in [-0.15, -0.1) is 11.3 Å². The van der Waals surface area contributed by atoms with E-state index in [2.05, 4.69) is 5.32 Å². The molecule has 35 heavy (non-hydrogen) atoms. The van der Waals surface area contributed by atoms with E-state index in [0.29, 0.717) is 37.8 Å². The first-order valence-corrected chi connectivity index (χ1v) is 13.2. The number of halogens is 2. The average molecular weight is 551 g/mol. The van der Waals surface area contributed by atoms with E-state index >= 15 is 0 Å². The minimum Gasteiger partial charge on any atom is -0.493 e. The smallest absolute Gasteiger partial charge is 0.265 e. The van der Waals surface area contributed by atoms with E-state index in [1.807, 2.05) is 0 Å². The molecule has 4 aromatic rings. The van der Waals surface area contributed by atoms with Gasteiger partial charge in [-0.3, -0.25) is 9.10 Å². The summed E-state index contributed by atoms with van der Waals surface area (Å²) in [5, 5.41) is 4.26. The summed E-state index contributed by atoms with van der Waals surface area (Å²) < 4.78 is 39.0. The summed E-state index contributed by atoms with van der Waals surface area (Å²) in [6.45, 7) is 0. The maximum atomic E-state index is 13.3. The lowest BCUT2D eigenvalue weighted by Crippen LogP contribution is -2.26. The summed E-state index contributed by atoms with van der Waals surface area (Å²) in [5.74, 6) is 0.436.